The number of benzene rings is 2. The van der Waals surface area contributed by atoms with Gasteiger partial charge in [-0.15, -0.1) is 0 Å². The topological polar surface area (TPSA) is 49.9 Å². The lowest BCUT2D eigenvalue weighted by atomic mass is 10.2. The standard InChI is InChI=1S/C15H14FN3O/c1-20-12-5-6-13-14(8-12)19-15(18-13)17-9-10-3-2-4-11(16)7-10/h2-8H,9H2,1H3,(H2,17,18,19). The maximum absolute atomic E-state index is 13.1. The molecule has 0 spiro atoms. The molecule has 3 rings (SSSR count). The number of anilines is 1. The van der Waals surface area contributed by atoms with E-state index in [9.17, 15) is 4.39 Å². The number of halogens is 1. The number of H-pyrrole nitrogens is 1. The van der Waals surface area contributed by atoms with Gasteiger partial charge in [0.25, 0.3) is 0 Å². The molecule has 102 valence electrons. The van der Waals surface area contributed by atoms with Crippen molar-refractivity contribution in [3.05, 3.63) is 53.8 Å². The second kappa shape index (κ2) is 5.21. The number of methoxy groups -OCH3 is 1. The zero-order chi connectivity index (χ0) is 13.9. The molecule has 20 heavy (non-hydrogen) atoms. The Bertz CT molecular complexity index is 739. The summed E-state index contributed by atoms with van der Waals surface area (Å²) >= 11 is 0. The van der Waals surface area contributed by atoms with Gasteiger partial charge in [-0.1, -0.05) is 12.1 Å². The van der Waals surface area contributed by atoms with Crippen LogP contribution >= 0.6 is 0 Å². The van der Waals surface area contributed by atoms with E-state index in [2.05, 4.69) is 15.3 Å². The molecule has 0 fully saturated rings. The SMILES string of the molecule is COc1ccc2nc(NCc3cccc(F)c3)[nH]c2c1. The number of fused-ring (bicyclic) bond motifs is 1. The number of nitrogens with one attached hydrogen (secondary N) is 2. The smallest absolute Gasteiger partial charge is 0.201 e. The van der Waals surface area contributed by atoms with Crippen LogP contribution < -0.4 is 10.1 Å². The van der Waals surface area contributed by atoms with Crippen LogP contribution in [0.15, 0.2) is 42.5 Å². The fourth-order valence-electron chi connectivity index (χ4n) is 2.03. The molecule has 0 radical (unpaired) electrons. The lowest BCUT2D eigenvalue weighted by Gasteiger charge is -2.02. The van der Waals surface area contributed by atoms with Crippen LogP contribution in [-0.2, 0) is 6.54 Å². The zero-order valence-electron chi connectivity index (χ0n) is 11.0. The monoisotopic (exact) mass is 271 g/mol. The number of hydrogen-bond acceptors (Lipinski definition) is 3. The lowest BCUT2D eigenvalue weighted by molar-refractivity contribution is 0.415. The van der Waals surface area contributed by atoms with Crippen molar-refractivity contribution >= 4 is 17.0 Å². The third kappa shape index (κ3) is 2.56. The summed E-state index contributed by atoms with van der Waals surface area (Å²) in [6.07, 6.45) is 0. The Hall–Kier alpha value is -2.56. The number of imidazole rings is 1. The van der Waals surface area contributed by atoms with E-state index in [-0.39, 0.29) is 5.82 Å². The molecule has 0 bridgehead atoms. The van der Waals surface area contributed by atoms with Crippen LogP contribution in [0.2, 0.25) is 0 Å². The first-order valence-corrected chi connectivity index (χ1v) is 6.27. The third-order valence-corrected chi connectivity index (χ3v) is 3.04. The largest absolute Gasteiger partial charge is 0.497 e. The molecule has 0 saturated heterocycles. The number of aromatic amines is 1. The first kappa shape index (κ1) is 12.5. The Balaban J connectivity index is 1.77. The van der Waals surface area contributed by atoms with Gasteiger partial charge < -0.3 is 15.0 Å². The van der Waals surface area contributed by atoms with Gasteiger partial charge in [0.2, 0.25) is 5.95 Å². The van der Waals surface area contributed by atoms with Crippen molar-refractivity contribution in [3.8, 4) is 5.75 Å². The minimum Gasteiger partial charge on any atom is -0.497 e. The van der Waals surface area contributed by atoms with Crippen LogP contribution in [0.1, 0.15) is 5.56 Å². The normalized spacial score (nSPS) is 10.7. The first-order chi connectivity index (χ1) is 9.74. The van der Waals surface area contributed by atoms with Crippen molar-refractivity contribution in [1.29, 1.82) is 0 Å². The molecule has 3 aromatic rings. The van der Waals surface area contributed by atoms with Crippen molar-refractivity contribution in [2.45, 2.75) is 6.54 Å². The molecule has 0 unspecified atom stereocenters. The number of hydrogen-bond donors (Lipinski definition) is 2. The second-order valence-corrected chi connectivity index (χ2v) is 4.45. The molecule has 1 aromatic heterocycles. The third-order valence-electron chi connectivity index (χ3n) is 3.04. The van der Waals surface area contributed by atoms with E-state index >= 15 is 0 Å². The van der Waals surface area contributed by atoms with E-state index in [0.717, 1.165) is 22.3 Å². The molecule has 2 N–H and O–H groups in total. The molecule has 1 heterocycles. The fourth-order valence-corrected chi connectivity index (χ4v) is 2.03. The van der Waals surface area contributed by atoms with Gasteiger partial charge in [0, 0.05) is 12.6 Å². The summed E-state index contributed by atoms with van der Waals surface area (Å²) in [5.74, 6) is 1.19. The molecule has 0 amide bonds. The van der Waals surface area contributed by atoms with Crippen LogP contribution in [0.3, 0.4) is 0 Å². The molecule has 0 aliphatic carbocycles. The molecule has 0 aliphatic heterocycles. The molecule has 2 aromatic carbocycles. The van der Waals surface area contributed by atoms with Crippen LogP contribution in [0.25, 0.3) is 11.0 Å². The van der Waals surface area contributed by atoms with Crippen molar-refractivity contribution in [2.75, 3.05) is 12.4 Å². The highest BCUT2D eigenvalue weighted by Crippen LogP contribution is 2.20. The summed E-state index contributed by atoms with van der Waals surface area (Å²) in [6.45, 7) is 0.509. The highest BCUT2D eigenvalue weighted by atomic mass is 19.1. The Labute approximate surface area is 115 Å². The molecule has 4 nitrogen and oxygen atoms in total. The summed E-state index contributed by atoms with van der Waals surface area (Å²) in [6, 6.07) is 12.1. The van der Waals surface area contributed by atoms with Crippen molar-refractivity contribution in [1.82, 2.24) is 9.97 Å². The summed E-state index contributed by atoms with van der Waals surface area (Å²) < 4.78 is 18.2. The zero-order valence-corrected chi connectivity index (χ0v) is 11.0. The van der Waals surface area contributed by atoms with Gasteiger partial charge in [0.05, 0.1) is 18.1 Å². The van der Waals surface area contributed by atoms with E-state index < -0.39 is 0 Å². The summed E-state index contributed by atoms with van der Waals surface area (Å²) in [7, 11) is 1.63. The van der Waals surface area contributed by atoms with Gasteiger partial charge in [-0.2, -0.15) is 0 Å². The van der Waals surface area contributed by atoms with Crippen LogP contribution in [0, 0.1) is 5.82 Å². The molecule has 0 atom stereocenters. The van der Waals surface area contributed by atoms with E-state index in [1.165, 1.54) is 12.1 Å². The molecular formula is C15H14FN3O. The maximum atomic E-state index is 13.1. The highest BCUT2D eigenvalue weighted by molar-refractivity contribution is 5.79. The quantitative estimate of drug-likeness (QED) is 0.765. The van der Waals surface area contributed by atoms with Gasteiger partial charge >= 0.3 is 0 Å². The lowest BCUT2D eigenvalue weighted by Crippen LogP contribution is -2.00. The fraction of sp³-hybridized carbons (Fsp3) is 0.133. The molecule has 0 saturated carbocycles. The highest BCUT2D eigenvalue weighted by Gasteiger charge is 2.04. The van der Waals surface area contributed by atoms with Gasteiger partial charge in [-0.05, 0) is 29.8 Å². The molecule has 5 heteroatoms. The van der Waals surface area contributed by atoms with E-state index in [1.807, 2.05) is 24.3 Å². The van der Waals surface area contributed by atoms with Gasteiger partial charge in [0.1, 0.15) is 11.6 Å². The Morgan fingerprint density at radius 2 is 2.15 bits per heavy atom. The summed E-state index contributed by atoms with van der Waals surface area (Å²) in [5, 5.41) is 3.14. The van der Waals surface area contributed by atoms with Gasteiger partial charge in [-0.25, -0.2) is 9.37 Å². The predicted octanol–water partition coefficient (Wildman–Crippen LogP) is 3.32. The van der Waals surface area contributed by atoms with E-state index in [1.54, 1.807) is 13.2 Å². The minimum atomic E-state index is -0.237. The Morgan fingerprint density at radius 3 is 2.95 bits per heavy atom. The minimum absolute atomic E-state index is 0.237. The molecular weight excluding hydrogens is 257 g/mol. The predicted molar refractivity (Wildman–Crippen MR) is 76.4 cm³/mol. The van der Waals surface area contributed by atoms with Crippen LogP contribution in [-0.4, -0.2) is 17.1 Å². The number of ether oxygens (including phenoxy) is 1. The van der Waals surface area contributed by atoms with Gasteiger partial charge in [-0.3, -0.25) is 0 Å². The van der Waals surface area contributed by atoms with Crippen LogP contribution in [0.4, 0.5) is 10.3 Å². The summed E-state index contributed by atoms with van der Waals surface area (Å²) in [5.41, 5.74) is 2.61. The average molecular weight is 271 g/mol. The van der Waals surface area contributed by atoms with Gasteiger partial charge in [0.15, 0.2) is 0 Å². The van der Waals surface area contributed by atoms with E-state index in [0.29, 0.717) is 12.5 Å². The number of nitrogens with zero attached hydrogens (tertiary/aromatic N) is 1. The Morgan fingerprint density at radius 1 is 1.25 bits per heavy atom. The van der Waals surface area contributed by atoms with Crippen LogP contribution in [0.5, 0.6) is 5.75 Å². The van der Waals surface area contributed by atoms with Crippen molar-refractivity contribution in [3.63, 3.8) is 0 Å². The van der Waals surface area contributed by atoms with Crippen molar-refractivity contribution in [2.24, 2.45) is 0 Å². The number of rotatable bonds is 4. The molecule has 0 aliphatic rings. The van der Waals surface area contributed by atoms with E-state index in [4.69, 9.17) is 4.74 Å². The van der Waals surface area contributed by atoms with Crippen molar-refractivity contribution < 1.29 is 9.13 Å². The summed E-state index contributed by atoms with van der Waals surface area (Å²) in [4.78, 5) is 7.57. The number of aromatic nitrogens is 2. The Kier molecular flexibility index (Phi) is 3.25. The maximum Gasteiger partial charge on any atom is 0.201 e. The second-order valence-electron chi connectivity index (χ2n) is 4.45. The average Bonchev–Trinajstić information content (AvgIpc) is 2.87. The first-order valence-electron chi connectivity index (χ1n) is 6.27.